The van der Waals surface area contributed by atoms with Crippen LogP contribution in [0.1, 0.15) is 32.1 Å². The molecule has 0 atom stereocenters. The Morgan fingerprint density at radius 2 is 1.93 bits per heavy atom. The van der Waals surface area contributed by atoms with E-state index in [4.69, 9.17) is 4.52 Å². The van der Waals surface area contributed by atoms with Gasteiger partial charge in [0.05, 0.1) is 5.56 Å². The molecule has 0 fully saturated rings. The maximum Gasteiger partial charge on any atom is 0.287 e. The molecule has 0 saturated heterocycles. The highest BCUT2D eigenvalue weighted by Gasteiger charge is 2.21. The molecule has 0 aliphatic heterocycles. The second-order valence-corrected chi connectivity index (χ2v) is 5.73. The predicted octanol–water partition coefficient (Wildman–Crippen LogP) is 3.28. The first-order chi connectivity index (χ1) is 6.89. The van der Waals surface area contributed by atoms with Gasteiger partial charge in [-0.05, 0) is 5.41 Å². The Balaban J connectivity index is 3.13. The maximum atomic E-state index is 11.7. The highest BCUT2D eigenvalue weighted by Crippen LogP contribution is 2.23. The summed E-state index contributed by atoms with van der Waals surface area (Å²) in [4.78, 5) is 11.7. The largest absolute Gasteiger partial charge is 0.380 e. The van der Waals surface area contributed by atoms with Crippen molar-refractivity contribution in [3.8, 4) is 0 Å². The summed E-state index contributed by atoms with van der Waals surface area (Å²) < 4.78 is 6.82. The Kier molecular flexibility index (Phi) is 4.23. The fourth-order valence-corrected chi connectivity index (χ4v) is 2.21. The molecule has 1 aromatic heterocycles. The summed E-state index contributed by atoms with van der Waals surface area (Å²) >= 11 is 6.54. The molecule has 86 valence electrons. The van der Waals surface area contributed by atoms with Crippen LogP contribution >= 0.6 is 31.9 Å². The standard InChI is InChI=1S/C10H15Br2NO2/c1-10(2,3)4-8-7(5-11)9(14)13(6-12)15-8/h4-6H2,1-3H3. The third kappa shape index (κ3) is 3.21. The summed E-state index contributed by atoms with van der Waals surface area (Å²) in [5.41, 5.74) is 1.19. The zero-order chi connectivity index (χ0) is 11.6. The highest BCUT2D eigenvalue weighted by molar-refractivity contribution is 9.08. The molecule has 0 spiro atoms. The minimum absolute atomic E-state index is 0.0528. The normalized spacial score (nSPS) is 12.1. The van der Waals surface area contributed by atoms with E-state index in [2.05, 4.69) is 52.6 Å². The molecule has 0 aliphatic carbocycles. The second-order valence-electron chi connectivity index (χ2n) is 4.67. The van der Waals surface area contributed by atoms with Crippen LogP contribution in [0, 0.1) is 5.41 Å². The molecular weight excluding hydrogens is 326 g/mol. The van der Waals surface area contributed by atoms with Crippen LogP contribution in [0.4, 0.5) is 0 Å². The van der Waals surface area contributed by atoms with Crippen LogP contribution in [0.25, 0.3) is 0 Å². The SMILES string of the molecule is CC(C)(C)Cc1on(CBr)c(=O)c1CBr. The van der Waals surface area contributed by atoms with Gasteiger partial charge in [0.2, 0.25) is 0 Å². The summed E-state index contributed by atoms with van der Waals surface area (Å²) in [7, 11) is 0. The highest BCUT2D eigenvalue weighted by atomic mass is 79.9. The molecule has 5 heteroatoms. The van der Waals surface area contributed by atoms with Crippen LogP contribution in [0.5, 0.6) is 0 Å². The number of hydrogen-bond donors (Lipinski definition) is 0. The van der Waals surface area contributed by atoms with Crippen LogP contribution in [0.15, 0.2) is 9.32 Å². The van der Waals surface area contributed by atoms with Gasteiger partial charge in [0.25, 0.3) is 5.56 Å². The van der Waals surface area contributed by atoms with Crippen molar-refractivity contribution in [1.82, 2.24) is 4.74 Å². The summed E-state index contributed by atoms with van der Waals surface area (Å²) in [6, 6.07) is 0. The zero-order valence-electron chi connectivity index (χ0n) is 9.14. The van der Waals surface area contributed by atoms with Crippen molar-refractivity contribution in [3.05, 3.63) is 21.7 Å². The lowest BCUT2D eigenvalue weighted by Gasteiger charge is -2.15. The van der Waals surface area contributed by atoms with Gasteiger partial charge in [-0.25, -0.2) is 0 Å². The Labute approximate surface area is 106 Å². The van der Waals surface area contributed by atoms with Gasteiger partial charge in [-0.2, -0.15) is 4.74 Å². The van der Waals surface area contributed by atoms with Gasteiger partial charge in [-0.1, -0.05) is 52.6 Å². The van der Waals surface area contributed by atoms with Gasteiger partial charge in [0.1, 0.15) is 11.2 Å². The third-order valence-corrected chi connectivity index (χ3v) is 2.99. The number of aromatic nitrogens is 1. The van der Waals surface area contributed by atoms with Crippen LogP contribution in [-0.4, -0.2) is 4.74 Å². The van der Waals surface area contributed by atoms with E-state index in [1.54, 1.807) is 0 Å². The fourth-order valence-electron chi connectivity index (χ4n) is 1.33. The minimum Gasteiger partial charge on any atom is -0.380 e. The monoisotopic (exact) mass is 339 g/mol. The minimum atomic E-state index is -0.0528. The molecule has 0 N–H and O–H groups in total. The van der Waals surface area contributed by atoms with Crippen molar-refractivity contribution in [2.24, 2.45) is 5.41 Å². The van der Waals surface area contributed by atoms with E-state index in [9.17, 15) is 4.79 Å². The van der Waals surface area contributed by atoms with Gasteiger partial charge < -0.3 is 4.52 Å². The van der Waals surface area contributed by atoms with Crippen molar-refractivity contribution in [2.75, 3.05) is 0 Å². The Morgan fingerprint density at radius 1 is 1.33 bits per heavy atom. The molecule has 1 rings (SSSR count). The van der Waals surface area contributed by atoms with E-state index in [0.29, 0.717) is 10.8 Å². The van der Waals surface area contributed by atoms with Crippen molar-refractivity contribution >= 4 is 31.9 Å². The topological polar surface area (TPSA) is 35.1 Å². The maximum absolute atomic E-state index is 11.7. The fraction of sp³-hybridized carbons (Fsp3) is 0.700. The molecule has 0 amide bonds. The molecule has 0 aromatic carbocycles. The number of halogens is 2. The molecule has 3 nitrogen and oxygen atoms in total. The smallest absolute Gasteiger partial charge is 0.287 e. The van der Waals surface area contributed by atoms with Gasteiger partial charge >= 0.3 is 0 Å². The number of nitrogens with zero attached hydrogens (tertiary/aromatic N) is 1. The molecule has 1 aromatic rings. The molecule has 15 heavy (non-hydrogen) atoms. The first-order valence-corrected chi connectivity index (χ1v) is 6.97. The van der Waals surface area contributed by atoms with Gasteiger partial charge in [-0.3, -0.25) is 4.79 Å². The van der Waals surface area contributed by atoms with E-state index in [1.807, 2.05) is 0 Å². The van der Waals surface area contributed by atoms with Gasteiger partial charge in [-0.15, -0.1) is 0 Å². The Hall–Kier alpha value is -0.0300. The van der Waals surface area contributed by atoms with Crippen LogP contribution in [0.2, 0.25) is 0 Å². The van der Waals surface area contributed by atoms with Gasteiger partial charge in [0.15, 0.2) is 0 Å². The van der Waals surface area contributed by atoms with E-state index in [-0.39, 0.29) is 11.0 Å². The molecule has 0 radical (unpaired) electrons. The average molecular weight is 341 g/mol. The van der Waals surface area contributed by atoms with Crippen molar-refractivity contribution in [2.45, 2.75) is 38.0 Å². The molecule has 0 saturated carbocycles. The van der Waals surface area contributed by atoms with Crippen molar-refractivity contribution < 1.29 is 4.52 Å². The molecule has 0 bridgehead atoms. The quantitative estimate of drug-likeness (QED) is 0.791. The first-order valence-electron chi connectivity index (χ1n) is 4.73. The van der Waals surface area contributed by atoms with Crippen molar-refractivity contribution in [1.29, 1.82) is 0 Å². The lowest BCUT2D eigenvalue weighted by atomic mass is 9.90. The Morgan fingerprint density at radius 3 is 2.33 bits per heavy atom. The summed E-state index contributed by atoms with van der Waals surface area (Å²) in [6.07, 6.45) is 0.767. The van der Waals surface area contributed by atoms with Crippen LogP contribution in [0.3, 0.4) is 0 Å². The lowest BCUT2D eigenvalue weighted by Crippen LogP contribution is -2.15. The average Bonchev–Trinajstić information content (AvgIpc) is 2.39. The zero-order valence-corrected chi connectivity index (χ0v) is 12.3. The van der Waals surface area contributed by atoms with Crippen molar-refractivity contribution in [3.63, 3.8) is 0 Å². The Bertz CT molecular complexity index is 387. The summed E-state index contributed by atoms with van der Waals surface area (Å²) in [6.45, 7) is 6.36. The molecule has 0 unspecified atom stereocenters. The number of rotatable bonds is 3. The van der Waals surface area contributed by atoms with Gasteiger partial charge in [0, 0.05) is 11.8 Å². The first kappa shape index (κ1) is 13.0. The predicted molar refractivity (Wildman–Crippen MR) is 67.7 cm³/mol. The van der Waals surface area contributed by atoms with Crippen LogP contribution < -0.4 is 5.56 Å². The molecule has 1 heterocycles. The number of alkyl halides is 2. The van der Waals surface area contributed by atoms with E-state index < -0.39 is 0 Å². The van der Waals surface area contributed by atoms with Crippen LogP contribution in [-0.2, 0) is 17.2 Å². The third-order valence-electron chi connectivity index (χ3n) is 1.97. The summed E-state index contributed by atoms with van der Waals surface area (Å²) in [5.74, 6) is 0.781. The molecular formula is C10H15Br2NO2. The number of hydrogen-bond acceptors (Lipinski definition) is 2. The van der Waals surface area contributed by atoms with E-state index in [0.717, 1.165) is 17.7 Å². The molecule has 0 aliphatic rings. The van der Waals surface area contributed by atoms with E-state index >= 15 is 0 Å². The second kappa shape index (κ2) is 4.87. The summed E-state index contributed by atoms with van der Waals surface area (Å²) in [5, 5.41) is 0.542. The van der Waals surface area contributed by atoms with E-state index in [1.165, 1.54) is 4.74 Å². The lowest BCUT2D eigenvalue weighted by molar-refractivity contribution is 0.249.